The van der Waals surface area contributed by atoms with E-state index in [0.29, 0.717) is 38.0 Å². The van der Waals surface area contributed by atoms with Crippen LogP contribution in [0.25, 0.3) is 0 Å². The predicted octanol–water partition coefficient (Wildman–Crippen LogP) is 4.83. The zero-order chi connectivity index (χ0) is 22.9. The Labute approximate surface area is 188 Å². The number of likely N-dealkylation sites (tertiary alicyclic amines) is 1. The van der Waals surface area contributed by atoms with Crippen molar-refractivity contribution in [2.45, 2.75) is 58.3 Å². The van der Waals surface area contributed by atoms with Crippen LogP contribution in [0.1, 0.15) is 50.9 Å². The number of benzene rings is 2. The first kappa shape index (κ1) is 22.4. The van der Waals surface area contributed by atoms with Gasteiger partial charge in [-0.1, -0.05) is 12.1 Å². The summed E-state index contributed by atoms with van der Waals surface area (Å²) in [6.45, 7) is 9.33. The number of amides is 1. The van der Waals surface area contributed by atoms with E-state index in [9.17, 15) is 9.18 Å². The van der Waals surface area contributed by atoms with Gasteiger partial charge in [-0.2, -0.15) is 0 Å². The molecule has 1 saturated heterocycles. The van der Waals surface area contributed by atoms with Crippen molar-refractivity contribution < 1.29 is 23.5 Å². The highest BCUT2D eigenvalue weighted by molar-refractivity contribution is 5.94. The summed E-state index contributed by atoms with van der Waals surface area (Å²) in [5, 5.41) is 1.92. The quantitative estimate of drug-likeness (QED) is 0.664. The fraction of sp³-hybridized carbons (Fsp3) is 0.480. The summed E-state index contributed by atoms with van der Waals surface area (Å²) in [5.74, 6) is 0.253. The Bertz CT molecular complexity index is 970. The molecule has 1 amide bonds. The molecule has 0 saturated carbocycles. The van der Waals surface area contributed by atoms with Gasteiger partial charge in [-0.25, -0.2) is 9.45 Å². The molecule has 32 heavy (non-hydrogen) atoms. The average molecular weight is 443 g/mol. The molecule has 1 spiro atoms. The van der Waals surface area contributed by atoms with Gasteiger partial charge in [-0.3, -0.25) is 9.63 Å². The Balaban J connectivity index is 1.45. The van der Waals surface area contributed by atoms with Gasteiger partial charge in [0.2, 0.25) is 0 Å². The number of anilines is 1. The number of rotatable bonds is 5. The molecular weight excluding hydrogens is 411 g/mol. The number of ether oxygens (including phenoxy) is 2. The molecule has 172 valence electrons. The smallest absolute Gasteiger partial charge is 0.253 e. The Hall–Kier alpha value is -2.80. The van der Waals surface area contributed by atoms with Gasteiger partial charge < -0.3 is 14.4 Å². The van der Waals surface area contributed by atoms with E-state index in [4.69, 9.17) is 14.3 Å². The van der Waals surface area contributed by atoms with Gasteiger partial charge in [-0.05, 0) is 58.0 Å². The van der Waals surface area contributed by atoms with E-state index < -0.39 is 11.4 Å². The van der Waals surface area contributed by atoms with Crippen molar-refractivity contribution in [2.75, 3.05) is 24.7 Å². The molecule has 1 fully saturated rings. The minimum atomic E-state index is -0.522. The summed E-state index contributed by atoms with van der Waals surface area (Å²) in [5.41, 5.74) is 0.819. The molecule has 0 unspecified atom stereocenters. The number of hydroxylamine groups is 1. The van der Waals surface area contributed by atoms with Gasteiger partial charge in [0, 0.05) is 31.5 Å². The summed E-state index contributed by atoms with van der Waals surface area (Å²) >= 11 is 0. The normalized spacial score (nSPS) is 17.5. The van der Waals surface area contributed by atoms with Crippen molar-refractivity contribution in [2.24, 2.45) is 0 Å². The molecule has 0 atom stereocenters. The van der Waals surface area contributed by atoms with Crippen LogP contribution >= 0.6 is 0 Å². The SMILES string of the molecule is CC(C)Oc1ccc(C(=O)N2CCC3(CC2)CN(OC(C)C)c2ccccc2O3)cc1F. The highest BCUT2D eigenvalue weighted by Gasteiger charge is 2.44. The van der Waals surface area contributed by atoms with E-state index in [1.54, 1.807) is 11.0 Å². The van der Waals surface area contributed by atoms with E-state index >= 15 is 0 Å². The second kappa shape index (κ2) is 8.98. The molecule has 0 radical (unpaired) electrons. The maximum absolute atomic E-state index is 14.4. The molecule has 2 aliphatic rings. The number of carbonyl (C=O) groups is 1. The number of nitrogens with zero attached hydrogens (tertiary/aromatic N) is 2. The molecule has 0 aromatic heterocycles. The summed E-state index contributed by atoms with van der Waals surface area (Å²) in [6.07, 6.45) is 1.24. The number of hydrogen-bond acceptors (Lipinski definition) is 5. The van der Waals surface area contributed by atoms with E-state index in [1.807, 2.05) is 57.0 Å². The third-order valence-electron chi connectivity index (χ3n) is 5.73. The summed E-state index contributed by atoms with van der Waals surface area (Å²) in [7, 11) is 0. The van der Waals surface area contributed by atoms with Gasteiger partial charge >= 0.3 is 0 Å². The van der Waals surface area contributed by atoms with Gasteiger partial charge in [0.25, 0.3) is 5.91 Å². The first-order valence-electron chi connectivity index (χ1n) is 11.2. The first-order chi connectivity index (χ1) is 15.3. The molecule has 2 aromatic carbocycles. The summed E-state index contributed by atoms with van der Waals surface area (Å²) in [4.78, 5) is 20.8. The lowest BCUT2D eigenvalue weighted by molar-refractivity contribution is -0.0404. The van der Waals surface area contributed by atoms with Crippen molar-refractivity contribution in [3.63, 3.8) is 0 Å². The number of carbonyl (C=O) groups excluding carboxylic acids is 1. The topological polar surface area (TPSA) is 51.2 Å². The van der Waals surface area contributed by atoms with E-state index in [-0.39, 0.29) is 23.9 Å². The zero-order valence-corrected chi connectivity index (χ0v) is 19.1. The first-order valence-corrected chi connectivity index (χ1v) is 11.2. The minimum Gasteiger partial charge on any atom is -0.488 e. The Kier molecular flexibility index (Phi) is 6.29. The van der Waals surface area contributed by atoms with Gasteiger partial charge in [-0.15, -0.1) is 0 Å². The molecule has 0 bridgehead atoms. The van der Waals surface area contributed by atoms with Crippen LogP contribution in [0.5, 0.6) is 11.5 Å². The van der Waals surface area contributed by atoms with E-state index in [1.165, 1.54) is 12.1 Å². The zero-order valence-electron chi connectivity index (χ0n) is 19.1. The number of halogens is 1. The van der Waals surface area contributed by atoms with Crippen molar-refractivity contribution in [3.05, 3.63) is 53.8 Å². The standard InChI is InChI=1S/C25H31FN2O4/c1-17(2)30-22-10-9-19(15-20(22)26)24(29)27-13-11-25(12-14-27)16-28(32-18(3)4)21-7-5-6-8-23(21)31-25/h5-10,15,17-18H,11-14,16H2,1-4H3. The molecule has 6 nitrogen and oxygen atoms in total. The average Bonchev–Trinajstić information content (AvgIpc) is 2.74. The van der Waals surface area contributed by atoms with Gasteiger partial charge in [0.05, 0.1) is 18.8 Å². The van der Waals surface area contributed by atoms with Crippen LogP contribution in [0, 0.1) is 5.82 Å². The van der Waals surface area contributed by atoms with Crippen LogP contribution in [0.15, 0.2) is 42.5 Å². The lowest BCUT2D eigenvalue weighted by Crippen LogP contribution is -2.57. The number of para-hydroxylation sites is 2. The van der Waals surface area contributed by atoms with Crippen molar-refractivity contribution in [1.29, 1.82) is 0 Å². The Morgan fingerprint density at radius 3 is 2.44 bits per heavy atom. The van der Waals surface area contributed by atoms with Crippen molar-refractivity contribution in [3.8, 4) is 11.5 Å². The fourth-order valence-electron chi connectivity index (χ4n) is 4.25. The second-order valence-corrected chi connectivity index (χ2v) is 9.05. The molecule has 2 aliphatic heterocycles. The lowest BCUT2D eigenvalue weighted by atomic mass is 9.89. The second-order valence-electron chi connectivity index (χ2n) is 9.05. The lowest BCUT2D eigenvalue weighted by Gasteiger charge is -2.48. The van der Waals surface area contributed by atoms with Crippen LogP contribution in [0.3, 0.4) is 0 Å². The van der Waals surface area contributed by atoms with Crippen LogP contribution in [0.2, 0.25) is 0 Å². The molecule has 7 heteroatoms. The predicted molar refractivity (Wildman–Crippen MR) is 121 cm³/mol. The monoisotopic (exact) mass is 442 g/mol. The maximum atomic E-state index is 14.4. The van der Waals surface area contributed by atoms with Crippen LogP contribution < -0.4 is 14.5 Å². The molecule has 0 aliphatic carbocycles. The van der Waals surface area contributed by atoms with Gasteiger partial charge in [0.1, 0.15) is 17.0 Å². The van der Waals surface area contributed by atoms with E-state index in [2.05, 4.69) is 0 Å². The molecule has 2 aromatic rings. The molecule has 4 rings (SSSR count). The van der Waals surface area contributed by atoms with Crippen LogP contribution in [-0.2, 0) is 4.84 Å². The molecule has 2 heterocycles. The van der Waals surface area contributed by atoms with Crippen molar-refractivity contribution >= 4 is 11.6 Å². The Morgan fingerprint density at radius 1 is 1.06 bits per heavy atom. The fourth-order valence-corrected chi connectivity index (χ4v) is 4.25. The van der Waals surface area contributed by atoms with Crippen LogP contribution in [-0.4, -0.2) is 48.3 Å². The highest BCUT2D eigenvalue weighted by Crippen LogP contribution is 2.41. The molecule has 0 N–H and O–H groups in total. The molecular formula is C25H31FN2O4. The number of hydrogen-bond donors (Lipinski definition) is 0. The third kappa shape index (κ3) is 4.67. The number of piperidine rings is 1. The minimum absolute atomic E-state index is 0.0393. The highest BCUT2D eigenvalue weighted by atomic mass is 19.1. The van der Waals surface area contributed by atoms with Crippen LogP contribution in [0.4, 0.5) is 10.1 Å². The third-order valence-corrected chi connectivity index (χ3v) is 5.73. The van der Waals surface area contributed by atoms with Gasteiger partial charge in [0.15, 0.2) is 11.6 Å². The summed E-state index contributed by atoms with van der Waals surface area (Å²) in [6, 6.07) is 12.3. The Morgan fingerprint density at radius 2 is 1.78 bits per heavy atom. The van der Waals surface area contributed by atoms with Crippen molar-refractivity contribution in [1.82, 2.24) is 4.90 Å². The largest absolute Gasteiger partial charge is 0.488 e. The maximum Gasteiger partial charge on any atom is 0.253 e. The van der Waals surface area contributed by atoms with E-state index in [0.717, 1.165) is 11.4 Å². The summed E-state index contributed by atoms with van der Waals surface area (Å²) < 4.78 is 26.3. The number of fused-ring (bicyclic) bond motifs is 1.